The average Bonchev–Trinajstić information content (AvgIpc) is 2.64. The number of carbonyl (C=O) groups is 1. The van der Waals surface area contributed by atoms with Gasteiger partial charge in [-0.3, -0.25) is 4.79 Å². The Kier molecular flexibility index (Phi) is 1.34. The lowest BCUT2D eigenvalue weighted by Gasteiger charge is -2.23. The highest BCUT2D eigenvalue weighted by molar-refractivity contribution is 5.76. The monoisotopic (exact) mass is 184 g/mol. The summed E-state index contributed by atoms with van der Waals surface area (Å²) >= 11 is 0. The van der Waals surface area contributed by atoms with Gasteiger partial charge in [-0.05, 0) is 6.42 Å². The van der Waals surface area contributed by atoms with Crippen LogP contribution < -0.4 is 0 Å². The van der Waals surface area contributed by atoms with Crippen LogP contribution in [-0.2, 0) is 9.53 Å². The van der Waals surface area contributed by atoms with E-state index in [9.17, 15) is 15.0 Å². The molecule has 3 rings (SSSR count). The molecule has 0 aromatic carbocycles. The molecule has 1 aliphatic heterocycles. The molecule has 0 radical (unpaired) electrons. The minimum Gasteiger partial charge on any atom is -0.465 e. The molecule has 13 heavy (non-hydrogen) atoms. The fourth-order valence-electron chi connectivity index (χ4n) is 3.38. The highest BCUT2D eigenvalue weighted by atomic mass is 16.5. The fraction of sp³-hybridized carbons (Fsp3) is 0.889. The number of esters is 1. The quantitative estimate of drug-likeness (QED) is 0.481. The molecule has 0 unspecified atom stereocenters. The van der Waals surface area contributed by atoms with Crippen molar-refractivity contribution in [2.45, 2.75) is 18.6 Å². The minimum absolute atomic E-state index is 0.0556. The van der Waals surface area contributed by atoms with E-state index in [2.05, 4.69) is 0 Å². The van der Waals surface area contributed by atoms with Crippen LogP contribution in [-0.4, -0.2) is 35.0 Å². The van der Waals surface area contributed by atoms with Gasteiger partial charge < -0.3 is 14.9 Å². The smallest absolute Gasteiger partial charge is 0.309 e. The number of cyclic esters (lactones) is 1. The maximum atomic E-state index is 11.3. The first kappa shape index (κ1) is 7.76. The van der Waals surface area contributed by atoms with Crippen LogP contribution in [0, 0.1) is 23.7 Å². The number of aliphatic hydroxyl groups is 2. The lowest BCUT2D eigenvalue weighted by atomic mass is 9.80. The molecule has 2 saturated carbocycles. The first-order chi connectivity index (χ1) is 6.20. The van der Waals surface area contributed by atoms with Gasteiger partial charge in [0.25, 0.3) is 0 Å². The van der Waals surface area contributed by atoms with E-state index in [-0.39, 0.29) is 29.6 Å². The van der Waals surface area contributed by atoms with Crippen LogP contribution in [0.4, 0.5) is 0 Å². The molecule has 2 aliphatic carbocycles. The zero-order valence-electron chi connectivity index (χ0n) is 7.09. The molecule has 0 amide bonds. The maximum Gasteiger partial charge on any atom is 0.309 e. The zero-order valence-corrected chi connectivity index (χ0v) is 7.09. The van der Waals surface area contributed by atoms with Gasteiger partial charge in [0.05, 0.1) is 24.7 Å². The van der Waals surface area contributed by atoms with Gasteiger partial charge in [-0.15, -0.1) is 0 Å². The normalized spacial score (nSPS) is 58.2. The van der Waals surface area contributed by atoms with Gasteiger partial charge in [-0.2, -0.15) is 0 Å². The van der Waals surface area contributed by atoms with Crippen LogP contribution in [0.1, 0.15) is 6.42 Å². The molecule has 6 atom stereocenters. The second-order valence-corrected chi connectivity index (χ2v) is 4.35. The van der Waals surface area contributed by atoms with Crippen molar-refractivity contribution < 1.29 is 19.7 Å². The third-order valence-electron chi connectivity index (χ3n) is 3.90. The largest absolute Gasteiger partial charge is 0.465 e. The molecule has 2 bridgehead atoms. The van der Waals surface area contributed by atoms with Crippen molar-refractivity contribution in [3.05, 3.63) is 0 Å². The van der Waals surface area contributed by atoms with Gasteiger partial charge in [0.2, 0.25) is 0 Å². The Morgan fingerprint density at radius 3 is 2.85 bits per heavy atom. The predicted molar refractivity (Wildman–Crippen MR) is 41.5 cm³/mol. The topological polar surface area (TPSA) is 66.8 Å². The molecule has 72 valence electrons. The molecular weight excluding hydrogens is 172 g/mol. The summed E-state index contributed by atoms with van der Waals surface area (Å²) in [5.41, 5.74) is 0. The summed E-state index contributed by atoms with van der Waals surface area (Å²) in [7, 11) is 0. The van der Waals surface area contributed by atoms with Gasteiger partial charge in [0.1, 0.15) is 0 Å². The number of aliphatic hydroxyl groups excluding tert-OH is 2. The van der Waals surface area contributed by atoms with Gasteiger partial charge in [-0.1, -0.05) is 0 Å². The Morgan fingerprint density at radius 2 is 2.08 bits per heavy atom. The predicted octanol–water partition coefficient (Wildman–Crippen LogP) is -0.853. The molecule has 0 spiro atoms. The summed E-state index contributed by atoms with van der Waals surface area (Å²) in [5.74, 6) is -0.426. The molecule has 0 aromatic heterocycles. The highest BCUT2D eigenvalue weighted by Crippen LogP contribution is 2.55. The number of fused-ring (bicyclic) bond motifs is 5. The Labute approximate surface area is 75.5 Å². The van der Waals surface area contributed by atoms with E-state index in [4.69, 9.17) is 4.74 Å². The molecule has 3 fully saturated rings. The van der Waals surface area contributed by atoms with Crippen molar-refractivity contribution in [1.29, 1.82) is 0 Å². The summed E-state index contributed by atoms with van der Waals surface area (Å²) in [6.07, 6.45) is -0.365. The Hall–Kier alpha value is -0.610. The number of ether oxygens (including phenoxy) is 1. The van der Waals surface area contributed by atoms with Crippen LogP contribution >= 0.6 is 0 Å². The Bertz CT molecular complexity index is 262. The lowest BCUT2D eigenvalue weighted by Crippen LogP contribution is -2.31. The summed E-state index contributed by atoms with van der Waals surface area (Å²) in [4.78, 5) is 11.3. The van der Waals surface area contributed by atoms with Crippen LogP contribution in [0.2, 0.25) is 0 Å². The van der Waals surface area contributed by atoms with E-state index in [0.29, 0.717) is 13.0 Å². The molecule has 0 aromatic rings. The third-order valence-corrected chi connectivity index (χ3v) is 3.90. The van der Waals surface area contributed by atoms with Gasteiger partial charge >= 0.3 is 5.97 Å². The van der Waals surface area contributed by atoms with Crippen molar-refractivity contribution in [1.82, 2.24) is 0 Å². The average molecular weight is 184 g/mol. The Morgan fingerprint density at radius 1 is 1.31 bits per heavy atom. The zero-order chi connectivity index (χ0) is 9.16. The number of hydrogen-bond acceptors (Lipinski definition) is 4. The van der Waals surface area contributed by atoms with E-state index in [1.165, 1.54) is 0 Å². The van der Waals surface area contributed by atoms with Gasteiger partial charge in [0, 0.05) is 17.8 Å². The molecule has 2 N–H and O–H groups in total. The third kappa shape index (κ3) is 0.758. The molecule has 4 heteroatoms. The van der Waals surface area contributed by atoms with E-state index in [1.54, 1.807) is 0 Å². The van der Waals surface area contributed by atoms with E-state index < -0.39 is 12.2 Å². The second-order valence-electron chi connectivity index (χ2n) is 4.35. The lowest BCUT2D eigenvalue weighted by molar-refractivity contribution is -0.143. The SMILES string of the molecule is O=C1OC[C@H]2[C@@H]1[C@H]1C[C@H](O)[C@H]2[C@H]1O. The van der Waals surface area contributed by atoms with Crippen LogP contribution in [0.25, 0.3) is 0 Å². The molecule has 1 saturated heterocycles. The summed E-state index contributed by atoms with van der Waals surface area (Å²) in [6.45, 7) is 0.388. The van der Waals surface area contributed by atoms with Crippen LogP contribution in [0.15, 0.2) is 0 Å². The molecular formula is C9H12O4. The molecule has 4 nitrogen and oxygen atoms in total. The van der Waals surface area contributed by atoms with E-state index >= 15 is 0 Å². The number of rotatable bonds is 0. The summed E-state index contributed by atoms with van der Waals surface area (Å²) in [5, 5.41) is 19.4. The fourth-order valence-corrected chi connectivity index (χ4v) is 3.38. The van der Waals surface area contributed by atoms with Crippen molar-refractivity contribution >= 4 is 5.97 Å². The van der Waals surface area contributed by atoms with Gasteiger partial charge in [-0.25, -0.2) is 0 Å². The van der Waals surface area contributed by atoms with Gasteiger partial charge in [0.15, 0.2) is 0 Å². The van der Waals surface area contributed by atoms with E-state index in [0.717, 1.165) is 0 Å². The maximum absolute atomic E-state index is 11.3. The van der Waals surface area contributed by atoms with Crippen molar-refractivity contribution in [3.63, 3.8) is 0 Å². The molecule has 3 aliphatic rings. The second kappa shape index (κ2) is 2.25. The molecule has 1 heterocycles. The minimum atomic E-state index is -0.488. The first-order valence-corrected chi connectivity index (χ1v) is 4.73. The highest BCUT2D eigenvalue weighted by Gasteiger charge is 2.63. The standard InChI is InChI=1S/C9H12O4/c10-5-1-3-6-4(2-13-9(6)12)7(5)8(3)11/h3-8,10-11H,1-2H2/t3-,4+,5+,6+,7+,8+/m1/s1. The summed E-state index contributed by atoms with van der Waals surface area (Å²) < 4.78 is 4.94. The van der Waals surface area contributed by atoms with Crippen molar-refractivity contribution in [3.8, 4) is 0 Å². The summed E-state index contributed by atoms with van der Waals surface area (Å²) in [6, 6.07) is 0. The Balaban J connectivity index is 1.98. The van der Waals surface area contributed by atoms with Crippen molar-refractivity contribution in [2.24, 2.45) is 23.7 Å². The number of hydrogen-bond donors (Lipinski definition) is 2. The first-order valence-electron chi connectivity index (χ1n) is 4.73. The number of carbonyl (C=O) groups excluding carboxylic acids is 1. The van der Waals surface area contributed by atoms with Crippen LogP contribution in [0.5, 0.6) is 0 Å². The van der Waals surface area contributed by atoms with E-state index in [1.807, 2.05) is 0 Å². The van der Waals surface area contributed by atoms with Crippen molar-refractivity contribution in [2.75, 3.05) is 6.61 Å². The van der Waals surface area contributed by atoms with Crippen LogP contribution in [0.3, 0.4) is 0 Å².